The molecule has 0 bridgehead atoms. The zero-order chi connectivity index (χ0) is 20.1. The molecule has 4 nitrogen and oxygen atoms in total. The molecule has 0 unspecified atom stereocenters. The van der Waals surface area contributed by atoms with Gasteiger partial charge in [-0.3, -0.25) is 4.98 Å². The number of nitrogens with zero attached hydrogens (tertiary/aromatic N) is 3. The standard InChI is InChI=1S/C21H23Cl2N3OS/c1-14(2)20-21(28-18-11-15(22)10-16(23)12-18)26(19(25-20)7-5-9-27)13-17-6-3-4-8-24-17/h3-4,6,8,10-12,14,27H,5,7,9,13H2,1-2H3. The van der Waals surface area contributed by atoms with Crippen LogP contribution in [-0.4, -0.2) is 26.2 Å². The van der Waals surface area contributed by atoms with Crippen LogP contribution < -0.4 is 0 Å². The van der Waals surface area contributed by atoms with Gasteiger partial charge in [-0.05, 0) is 42.7 Å². The quantitative estimate of drug-likeness (QED) is 0.483. The number of benzene rings is 1. The molecule has 7 heteroatoms. The fraction of sp³-hybridized carbons (Fsp3) is 0.333. The molecule has 0 aliphatic heterocycles. The largest absolute Gasteiger partial charge is 0.396 e. The molecule has 2 aromatic heterocycles. The molecule has 0 saturated carbocycles. The number of hydrogen-bond donors (Lipinski definition) is 1. The van der Waals surface area contributed by atoms with Gasteiger partial charge < -0.3 is 9.67 Å². The van der Waals surface area contributed by atoms with Crippen LogP contribution in [0, 0.1) is 0 Å². The fourth-order valence-corrected chi connectivity index (χ4v) is 4.85. The van der Waals surface area contributed by atoms with E-state index in [0.29, 0.717) is 29.4 Å². The highest BCUT2D eigenvalue weighted by molar-refractivity contribution is 7.99. The van der Waals surface area contributed by atoms with Gasteiger partial charge in [0.15, 0.2) is 0 Å². The maximum Gasteiger partial charge on any atom is 0.110 e. The van der Waals surface area contributed by atoms with E-state index in [0.717, 1.165) is 27.1 Å². The molecule has 1 aromatic carbocycles. The number of aryl methyl sites for hydroxylation is 1. The molecule has 2 heterocycles. The van der Waals surface area contributed by atoms with Crippen molar-refractivity contribution in [3.05, 3.63) is 69.9 Å². The Bertz CT molecular complexity index is 909. The second kappa shape index (κ2) is 9.79. The second-order valence-corrected chi connectivity index (χ2v) is 8.75. The molecule has 0 aliphatic carbocycles. The summed E-state index contributed by atoms with van der Waals surface area (Å²) in [6, 6.07) is 11.5. The summed E-state index contributed by atoms with van der Waals surface area (Å²) in [4.78, 5) is 10.4. The van der Waals surface area contributed by atoms with Gasteiger partial charge in [-0.25, -0.2) is 4.98 Å². The molecule has 0 saturated heterocycles. The maximum absolute atomic E-state index is 9.31. The number of aliphatic hydroxyl groups is 1. The molecule has 3 aromatic rings. The van der Waals surface area contributed by atoms with Crippen LogP contribution in [0.1, 0.15) is 43.4 Å². The molecule has 0 atom stereocenters. The summed E-state index contributed by atoms with van der Waals surface area (Å²) in [5.74, 6) is 1.22. The summed E-state index contributed by atoms with van der Waals surface area (Å²) in [5.41, 5.74) is 2.00. The summed E-state index contributed by atoms with van der Waals surface area (Å²) >= 11 is 14.0. The SMILES string of the molecule is CC(C)c1nc(CCCO)n(Cc2ccccn2)c1Sc1cc(Cl)cc(Cl)c1. The van der Waals surface area contributed by atoms with E-state index in [9.17, 15) is 5.11 Å². The van der Waals surface area contributed by atoms with Gasteiger partial charge in [-0.2, -0.15) is 0 Å². The topological polar surface area (TPSA) is 50.9 Å². The van der Waals surface area contributed by atoms with Gasteiger partial charge in [0.2, 0.25) is 0 Å². The van der Waals surface area contributed by atoms with E-state index >= 15 is 0 Å². The Morgan fingerprint density at radius 2 is 1.89 bits per heavy atom. The molecule has 0 amide bonds. The summed E-state index contributed by atoms with van der Waals surface area (Å²) in [5, 5.41) is 11.6. The van der Waals surface area contributed by atoms with Crippen LogP contribution in [-0.2, 0) is 13.0 Å². The lowest BCUT2D eigenvalue weighted by Gasteiger charge is -2.13. The highest BCUT2D eigenvalue weighted by Crippen LogP contribution is 2.37. The van der Waals surface area contributed by atoms with Crippen molar-refractivity contribution in [3.63, 3.8) is 0 Å². The molecule has 148 valence electrons. The molecular formula is C21H23Cl2N3OS. The number of aromatic nitrogens is 3. The van der Waals surface area contributed by atoms with Crippen molar-refractivity contribution in [1.29, 1.82) is 0 Å². The lowest BCUT2D eigenvalue weighted by molar-refractivity contribution is 0.287. The van der Waals surface area contributed by atoms with Crippen molar-refractivity contribution in [2.45, 2.75) is 49.1 Å². The Labute approximate surface area is 179 Å². The van der Waals surface area contributed by atoms with Crippen molar-refractivity contribution in [1.82, 2.24) is 14.5 Å². The highest BCUT2D eigenvalue weighted by Gasteiger charge is 2.21. The molecule has 1 N–H and O–H groups in total. The van der Waals surface area contributed by atoms with Gasteiger partial charge in [-0.15, -0.1) is 0 Å². The van der Waals surface area contributed by atoms with Gasteiger partial charge >= 0.3 is 0 Å². The van der Waals surface area contributed by atoms with Crippen molar-refractivity contribution in [2.24, 2.45) is 0 Å². The van der Waals surface area contributed by atoms with Crippen LogP contribution in [0.4, 0.5) is 0 Å². The van der Waals surface area contributed by atoms with Crippen LogP contribution in [0.25, 0.3) is 0 Å². The fourth-order valence-electron chi connectivity index (χ4n) is 2.93. The predicted molar refractivity (Wildman–Crippen MR) is 116 cm³/mol. The van der Waals surface area contributed by atoms with Gasteiger partial charge in [-0.1, -0.05) is 54.9 Å². The van der Waals surface area contributed by atoms with E-state index in [-0.39, 0.29) is 12.5 Å². The zero-order valence-electron chi connectivity index (χ0n) is 15.9. The molecular weight excluding hydrogens is 413 g/mol. The van der Waals surface area contributed by atoms with Crippen LogP contribution >= 0.6 is 35.0 Å². The molecule has 0 fully saturated rings. The van der Waals surface area contributed by atoms with E-state index in [2.05, 4.69) is 23.4 Å². The van der Waals surface area contributed by atoms with E-state index in [1.54, 1.807) is 24.0 Å². The first kappa shape index (κ1) is 21.2. The van der Waals surface area contributed by atoms with Gasteiger partial charge in [0.05, 0.1) is 17.9 Å². The minimum atomic E-state index is 0.139. The van der Waals surface area contributed by atoms with E-state index in [1.165, 1.54) is 0 Å². The van der Waals surface area contributed by atoms with E-state index in [1.807, 2.05) is 30.3 Å². The minimum absolute atomic E-state index is 0.139. The Morgan fingerprint density at radius 3 is 2.50 bits per heavy atom. The third-order valence-electron chi connectivity index (χ3n) is 4.23. The Morgan fingerprint density at radius 1 is 1.14 bits per heavy atom. The number of rotatable bonds is 8. The average Bonchev–Trinajstić information content (AvgIpc) is 2.97. The first-order chi connectivity index (χ1) is 13.5. The number of pyridine rings is 1. The molecule has 0 spiro atoms. The van der Waals surface area contributed by atoms with Crippen molar-refractivity contribution in [3.8, 4) is 0 Å². The number of hydrogen-bond acceptors (Lipinski definition) is 4. The van der Waals surface area contributed by atoms with Crippen molar-refractivity contribution in [2.75, 3.05) is 6.61 Å². The highest BCUT2D eigenvalue weighted by atomic mass is 35.5. The monoisotopic (exact) mass is 435 g/mol. The summed E-state index contributed by atoms with van der Waals surface area (Å²) in [7, 11) is 0. The Balaban J connectivity index is 2.06. The third-order valence-corrected chi connectivity index (χ3v) is 5.76. The summed E-state index contributed by atoms with van der Waals surface area (Å²) in [6.07, 6.45) is 3.18. The smallest absolute Gasteiger partial charge is 0.110 e. The van der Waals surface area contributed by atoms with Gasteiger partial charge in [0.1, 0.15) is 10.9 Å². The second-order valence-electron chi connectivity index (χ2n) is 6.81. The zero-order valence-corrected chi connectivity index (χ0v) is 18.2. The molecule has 0 radical (unpaired) electrons. The maximum atomic E-state index is 9.31. The van der Waals surface area contributed by atoms with Crippen LogP contribution in [0.15, 0.2) is 52.5 Å². The van der Waals surface area contributed by atoms with E-state index < -0.39 is 0 Å². The van der Waals surface area contributed by atoms with Crippen molar-refractivity contribution >= 4 is 35.0 Å². The van der Waals surface area contributed by atoms with E-state index in [4.69, 9.17) is 28.2 Å². The van der Waals surface area contributed by atoms with Gasteiger partial charge in [0, 0.05) is 34.2 Å². The number of halogens is 2. The average molecular weight is 436 g/mol. The minimum Gasteiger partial charge on any atom is -0.396 e. The third kappa shape index (κ3) is 5.29. The van der Waals surface area contributed by atoms with Gasteiger partial charge in [0.25, 0.3) is 0 Å². The Kier molecular flexibility index (Phi) is 7.41. The lowest BCUT2D eigenvalue weighted by Crippen LogP contribution is -2.08. The summed E-state index contributed by atoms with van der Waals surface area (Å²) in [6.45, 7) is 5.04. The van der Waals surface area contributed by atoms with Crippen molar-refractivity contribution < 1.29 is 5.11 Å². The van der Waals surface area contributed by atoms with Crippen LogP contribution in [0.2, 0.25) is 10.0 Å². The normalized spacial score (nSPS) is 11.4. The first-order valence-corrected chi connectivity index (χ1v) is 10.8. The number of aliphatic hydroxyl groups excluding tert-OH is 1. The van der Waals surface area contributed by atoms with Crippen LogP contribution in [0.3, 0.4) is 0 Å². The van der Waals surface area contributed by atoms with Crippen LogP contribution in [0.5, 0.6) is 0 Å². The molecule has 3 rings (SSSR count). The number of imidazole rings is 1. The molecule has 28 heavy (non-hydrogen) atoms. The first-order valence-electron chi connectivity index (χ1n) is 9.22. The summed E-state index contributed by atoms with van der Waals surface area (Å²) < 4.78 is 2.20. The molecule has 0 aliphatic rings. The lowest BCUT2D eigenvalue weighted by atomic mass is 10.1. The predicted octanol–water partition coefficient (Wildman–Crippen LogP) is 5.83. The Hall–Kier alpha value is -1.53.